The second kappa shape index (κ2) is 8.13. The van der Waals surface area contributed by atoms with E-state index in [1.807, 2.05) is 24.3 Å². The van der Waals surface area contributed by atoms with E-state index in [0.29, 0.717) is 12.1 Å². The first kappa shape index (κ1) is 19.4. The van der Waals surface area contributed by atoms with Gasteiger partial charge in [0.25, 0.3) is 11.6 Å². The van der Waals surface area contributed by atoms with Gasteiger partial charge in [-0.15, -0.1) is 11.3 Å². The van der Waals surface area contributed by atoms with Crippen LogP contribution >= 0.6 is 11.3 Å². The number of aromatic nitrogens is 1. The summed E-state index contributed by atoms with van der Waals surface area (Å²) in [5.74, 6) is -0.717. The van der Waals surface area contributed by atoms with Gasteiger partial charge < -0.3 is 10.2 Å². The van der Waals surface area contributed by atoms with Crippen LogP contribution in [0.25, 0.3) is 10.2 Å². The molecule has 0 saturated heterocycles. The third kappa shape index (κ3) is 4.32. The molecule has 1 aromatic heterocycles. The molecule has 8 nitrogen and oxygen atoms in total. The van der Waals surface area contributed by atoms with Gasteiger partial charge in [-0.05, 0) is 31.2 Å². The van der Waals surface area contributed by atoms with Crippen LogP contribution in [0.1, 0.15) is 20.9 Å². The number of thiazole rings is 1. The summed E-state index contributed by atoms with van der Waals surface area (Å²) in [4.78, 5) is 40.9. The van der Waals surface area contributed by atoms with E-state index >= 15 is 0 Å². The molecule has 9 heteroatoms. The number of nitrogens with zero attached hydrogens (tertiary/aromatic N) is 3. The molecule has 0 aliphatic heterocycles. The van der Waals surface area contributed by atoms with Gasteiger partial charge >= 0.3 is 0 Å². The van der Waals surface area contributed by atoms with E-state index < -0.39 is 10.8 Å². The number of fused-ring (bicyclic) bond motifs is 1. The first-order valence-corrected chi connectivity index (χ1v) is 9.28. The predicted octanol–water partition coefficient (Wildman–Crippen LogP) is 2.90. The summed E-state index contributed by atoms with van der Waals surface area (Å²) in [6, 6.07) is 11.8. The molecule has 28 heavy (non-hydrogen) atoms. The molecule has 1 heterocycles. The summed E-state index contributed by atoms with van der Waals surface area (Å²) in [5, 5.41) is 14.2. The van der Waals surface area contributed by atoms with Gasteiger partial charge in [-0.2, -0.15) is 0 Å². The summed E-state index contributed by atoms with van der Waals surface area (Å²) < 4.78 is 1.06. The van der Waals surface area contributed by atoms with Gasteiger partial charge in [0.05, 0.1) is 28.2 Å². The molecule has 0 aliphatic rings. The quantitative estimate of drug-likeness (QED) is 0.508. The summed E-state index contributed by atoms with van der Waals surface area (Å²) in [6.07, 6.45) is 0. The molecule has 1 N–H and O–H groups in total. The first-order valence-electron chi connectivity index (χ1n) is 8.47. The van der Waals surface area contributed by atoms with Crippen molar-refractivity contribution >= 4 is 39.1 Å². The van der Waals surface area contributed by atoms with Crippen LogP contribution in [-0.2, 0) is 11.3 Å². The Hall–Kier alpha value is -3.33. The topological polar surface area (TPSA) is 105 Å². The molecule has 3 aromatic rings. The summed E-state index contributed by atoms with van der Waals surface area (Å²) in [7, 11) is 1.65. The van der Waals surface area contributed by atoms with Crippen molar-refractivity contribution in [1.29, 1.82) is 0 Å². The van der Waals surface area contributed by atoms with Crippen molar-refractivity contribution in [2.24, 2.45) is 0 Å². The number of aryl methyl sites for hydroxylation is 1. The number of carbonyl (C=O) groups excluding carboxylic acids is 2. The van der Waals surface area contributed by atoms with Gasteiger partial charge in [-0.3, -0.25) is 19.7 Å². The Morgan fingerprint density at radius 3 is 2.68 bits per heavy atom. The van der Waals surface area contributed by atoms with Crippen molar-refractivity contribution in [3.8, 4) is 0 Å². The van der Waals surface area contributed by atoms with E-state index in [-0.39, 0.29) is 23.7 Å². The maximum Gasteiger partial charge on any atom is 0.272 e. The molecule has 0 spiro atoms. The number of nitrogens with one attached hydrogen (secondary N) is 1. The Bertz CT molecular complexity index is 1030. The predicted molar refractivity (Wildman–Crippen MR) is 106 cm³/mol. The fourth-order valence-electron chi connectivity index (χ4n) is 2.67. The number of nitro groups is 1. The van der Waals surface area contributed by atoms with Gasteiger partial charge in [0.2, 0.25) is 5.91 Å². The lowest BCUT2D eigenvalue weighted by Crippen LogP contribution is -2.37. The van der Waals surface area contributed by atoms with Crippen LogP contribution in [0.2, 0.25) is 0 Å². The van der Waals surface area contributed by atoms with E-state index in [2.05, 4.69) is 10.3 Å². The monoisotopic (exact) mass is 398 g/mol. The standard InChI is InChI=1S/C19H18N4O4S/c1-12-9-13(7-8-15(12)23(26)27)19(25)20-10-18(24)22(2)11-17-21-14-5-3-4-6-16(14)28-17/h3-9H,10-11H2,1-2H3,(H,20,25). The number of hydrogen-bond donors (Lipinski definition) is 1. The summed E-state index contributed by atoms with van der Waals surface area (Å²) in [5.41, 5.74) is 1.50. The zero-order valence-corrected chi connectivity index (χ0v) is 16.2. The zero-order chi connectivity index (χ0) is 20.3. The van der Waals surface area contributed by atoms with Crippen molar-refractivity contribution in [2.45, 2.75) is 13.5 Å². The molecule has 0 aliphatic carbocycles. The molecule has 2 amide bonds. The van der Waals surface area contributed by atoms with Crippen LogP contribution in [-0.4, -0.2) is 40.2 Å². The highest BCUT2D eigenvalue weighted by Gasteiger charge is 2.16. The lowest BCUT2D eigenvalue weighted by Gasteiger charge is -2.16. The number of hydrogen-bond acceptors (Lipinski definition) is 6. The van der Waals surface area contributed by atoms with E-state index in [1.54, 1.807) is 14.0 Å². The molecule has 0 bridgehead atoms. The Labute approximate surface area is 165 Å². The molecule has 0 atom stereocenters. The van der Waals surface area contributed by atoms with Crippen molar-refractivity contribution in [3.63, 3.8) is 0 Å². The van der Waals surface area contributed by atoms with Gasteiger partial charge in [0.1, 0.15) is 5.01 Å². The Balaban J connectivity index is 1.57. The maximum absolute atomic E-state index is 12.3. The highest BCUT2D eigenvalue weighted by atomic mass is 32.1. The Kier molecular flexibility index (Phi) is 5.65. The number of para-hydroxylation sites is 1. The largest absolute Gasteiger partial charge is 0.343 e. The highest BCUT2D eigenvalue weighted by molar-refractivity contribution is 7.18. The van der Waals surface area contributed by atoms with E-state index in [4.69, 9.17) is 0 Å². The normalized spacial score (nSPS) is 10.6. The fraction of sp³-hybridized carbons (Fsp3) is 0.211. The number of benzene rings is 2. The van der Waals surface area contributed by atoms with Crippen molar-refractivity contribution in [1.82, 2.24) is 15.2 Å². The van der Waals surface area contributed by atoms with E-state index in [9.17, 15) is 19.7 Å². The lowest BCUT2D eigenvalue weighted by atomic mass is 10.1. The molecule has 0 radical (unpaired) electrons. The lowest BCUT2D eigenvalue weighted by molar-refractivity contribution is -0.385. The number of likely N-dealkylation sites (N-methyl/N-ethyl adjacent to an activating group) is 1. The molecule has 0 saturated carbocycles. The SMILES string of the molecule is Cc1cc(C(=O)NCC(=O)N(C)Cc2nc3ccccc3s2)ccc1[N+](=O)[O-]. The minimum absolute atomic E-state index is 0.0526. The summed E-state index contributed by atoms with van der Waals surface area (Å²) in [6.45, 7) is 1.74. The summed E-state index contributed by atoms with van der Waals surface area (Å²) >= 11 is 1.52. The van der Waals surface area contributed by atoms with Gasteiger partial charge in [0, 0.05) is 24.2 Å². The number of amides is 2. The van der Waals surface area contributed by atoms with Crippen LogP contribution < -0.4 is 5.32 Å². The van der Waals surface area contributed by atoms with Crippen LogP contribution in [0.4, 0.5) is 5.69 Å². The molecule has 144 valence electrons. The van der Waals surface area contributed by atoms with Crippen LogP contribution in [0, 0.1) is 17.0 Å². The maximum atomic E-state index is 12.3. The number of nitro benzene ring substituents is 1. The van der Waals surface area contributed by atoms with E-state index in [0.717, 1.165) is 15.2 Å². The Morgan fingerprint density at radius 1 is 1.25 bits per heavy atom. The molecule has 0 unspecified atom stereocenters. The van der Waals surface area contributed by atoms with Crippen molar-refractivity contribution in [2.75, 3.05) is 13.6 Å². The van der Waals surface area contributed by atoms with Gasteiger partial charge in [-0.25, -0.2) is 4.98 Å². The van der Waals surface area contributed by atoms with Gasteiger partial charge in [0.15, 0.2) is 0 Å². The Morgan fingerprint density at radius 2 is 2.00 bits per heavy atom. The average Bonchev–Trinajstić information content (AvgIpc) is 3.07. The van der Waals surface area contributed by atoms with Crippen LogP contribution in [0.15, 0.2) is 42.5 Å². The molecule has 2 aromatic carbocycles. The minimum atomic E-state index is -0.502. The average molecular weight is 398 g/mol. The second-order valence-electron chi connectivity index (χ2n) is 6.27. The number of carbonyl (C=O) groups is 2. The van der Waals surface area contributed by atoms with E-state index in [1.165, 1.54) is 34.4 Å². The second-order valence-corrected chi connectivity index (χ2v) is 7.38. The molecular weight excluding hydrogens is 380 g/mol. The molecule has 0 fully saturated rings. The van der Waals surface area contributed by atoms with Crippen LogP contribution in [0.3, 0.4) is 0 Å². The fourth-order valence-corrected chi connectivity index (χ4v) is 3.69. The zero-order valence-electron chi connectivity index (χ0n) is 15.3. The third-order valence-corrected chi connectivity index (χ3v) is 5.21. The molecule has 3 rings (SSSR count). The highest BCUT2D eigenvalue weighted by Crippen LogP contribution is 2.22. The van der Waals surface area contributed by atoms with Crippen molar-refractivity contribution < 1.29 is 14.5 Å². The first-order chi connectivity index (χ1) is 13.3. The third-order valence-electron chi connectivity index (χ3n) is 4.19. The van der Waals surface area contributed by atoms with Crippen LogP contribution in [0.5, 0.6) is 0 Å². The molecular formula is C19H18N4O4S. The smallest absolute Gasteiger partial charge is 0.272 e. The van der Waals surface area contributed by atoms with Crippen molar-refractivity contribution in [3.05, 3.63) is 68.7 Å². The van der Waals surface area contributed by atoms with Gasteiger partial charge in [-0.1, -0.05) is 12.1 Å². The minimum Gasteiger partial charge on any atom is -0.343 e. The number of rotatable bonds is 6.